The van der Waals surface area contributed by atoms with Crippen LogP contribution in [-0.2, 0) is 6.54 Å². The van der Waals surface area contributed by atoms with Crippen molar-refractivity contribution in [3.05, 3.63) is 107 Å². The van der Waals surface area contributed by atoms with E-state index >= 15 is 0 Å². The van der Waals surface area contributed by atoms with Crippen LogP contribution in [0.3, 0.4) is 0 Å². The second-order valence-electron chi connectivity index (χ2n) is 11.8. The highest BCUT2D eigenvalue weighted by Gasteiger charge is 2.16. The standard InChI is InChI=1S/C36H42N8O2/c1-6-43-15-17-44(18-16-43)24-27-8-10-28(11-9-27)35(46)39-31-12-7-25(2)33(21-31)41-36-38-14-13-32(40-36)29-20-30(23-37-22-29)34(45)19-26(3)42(4)5/h7-14,19-23H,6,15-18,24H2,1-5H3,(H,39,46)(H,38,40,41)/b26-19+. The Kier molecular flexibility index (Phi) is 10.5. The minimum atomic E-state index is -0.172. The summed E-state index contributed by atoms with van der Waals surface area (Å²) in [4.78, 5) is 46.0. The van der Waals surface area contributed by atoms with Crippen LogP contribution < -0.4 is 10.6 Å². The zero-order chi connectivity index (χ0) is 32.6. The van der Waals surface area contributed by atoms with Crippen LogP contribution >= 0.6 is 0 Å². The number of carbonyl (C=O) groups is 2. The van der Waals surface area contributed by atoms with Crippen molar-refractivity contribution in [3.63, 3.8) is 0 Å². The Labute approximate surface area is 271 Å². The van der Waals surface area contributed by atoms with Crippen LogP contribution in [0.5, 0.6) is 0 Å². The molecule has 10 nitrogen and oxygen atoms in total. The van der Waals surface area contributed by atoms with E-state index in [1.54, 1.807) is 36.8 Å². The van der Waals surface area contributed by atoms with Gasteiger partial charge in [-0.2, -0.15) is 0 Å². The summed E-state index contributed by atoms with van der Waals surface area (Å²) >= 11 is 0. The number of nitrogens with zero attached hydrogens (tertiary/aromatic N) is 6. The molecule has 0 saturated carbocycles. The number of allylic oxidation sites excluding steroid dienone is 2. The molecule has 0 atom stereocenters. The summed E-state index contributed by atoms with van der Waals surface area (Å²) in [5.74, 6) is 0.0870. The number of pyridine rings is 1. The molecule has 1 amide bonds. The molecule has 1 saturated heterocycles. The largest absolute Gasteiger partial charge is 0.381 e. The van der Waals surface area contributed by atoms with Crippen molar-refractivity contribution in [3.8, 4) is 11.3 Å². The summed E-state index contributed by atoms with van der Waals surface area (Å²) in [6.45, 7) is 12.4. The highest BCUT2D eigenvalue weighted by Crippen LogP contribution is 2.25. The molecule has 46 heavy (non-hydrogen) atoms. The number of anilines is 3. The van der Waals surface area contributed by atoms with Gasteiger partial charge < -0.3 is 20.4 Å². The van der Waals surface area contributed by atoms with Crippen LogP contribution in [0.2, 0.25) is 0 Å². The number of ketones is 1. The summed E-state index contributed by atoms with van der Waals surface area (Å²) in [5, 5.41) is 6.30. The van der Waals surface area contributed by atoms with Crippen molar-refractivity contribution in [2.75, 3.05) is 57.5 Å². The van der Waals surface area contributed by atoms with Gasteiger partial charge in [0, 0.05) is 105 Å². The van der Waals surface area contributed by atoms with Gasteiger partial charge in [0.05, 0.1) is 5.69 Å². The third kappa shape index (κ3) is 8.41. The Bertz CT molecular complexity index is 1710. The molecule has 2 aromatic carbocycles. The van der Waals surface area contributed by atoms with Crippen molar-refractivity contribution >= 4 is 29.0 Å². The fourth-order valence-corrected chi connectivity index (χ4v) is 5.14. The van der Waals surface area contributed by atoms with Crippen LogP contribution in [0.15, 0.2) is 85.0 Å². The number of rotatable bonds is 11. The molecule has 2 aromatic heterocycles. The maximum atomic E-state index is 13.1. The van der Waals surface area contributed by atoms with E-state index in [4.69, 9.17) is 0 Å². The zero-order valence-corrected chi connectivity index (χ0v) is 27.2. The molecular weight excluding hydrogens is 576 g/mol. The molecule has 0 spiro atoms. The number of nitrogens with one attached hydrogen (secondary N) is 2. The lowest BCUT2D eigenvalue weighted by molar-refractivity contribution is 0.102. The van der Waals surface area contributed by atoms with Crippen molar-refractivity contribution in [1.29, 1.82) is 0 Å². The molecule has 4 aromatic rings. The maximum Gasteiger partial charge on any atom is 0.255 e. The predicted octanol–water partition coefficient (Wildman–Crippen LogP) is 5.63. The SMILES string of the molecule is CCN1CCN(Cc2ccc(C(=O)Nc3ccc(C)c(Nc4nccc(-c5cncc(C(=O)/C=C(\C)N(C)C)c5)n4)c3)cc2)CC1. The monoisotopic (exact) mass is 618 g/mol. The minimum Gasteiger partial charge on any atom is -0.381 e. The Morgan fingerprint density at radius 3 is 2.39 bits per heavy atom. The van der Waals surface area contributed by atoms with Gasteiger partial charge >= 0.3 is 0 Å². The van der Waals surface area contributed by atoms with Crippen LogP contribution in [0, 0.1) is 6.92 Å². The second kappa shape index (κ2) is 14.9. The van der Waals surface area contributed by atoms with Crippen LogP contribution in [0.4, 0.5) is 17.3 Å². The van der Waals surface area contributed by atoms with Gasteiger partial charge in [-0.1, -0.05) is 25.1 Å². The fourth-order valence-electron chi connectivity index (χ4n) is 5.14. The number of aromatic nitrogens is 3. The smallest absolute Gasteiger partial charge is 0.255 e. The number of hydrogen-bond donors (Lipinski definition) is 2. The Balaban J connectivity index is 1.24. The van der Waals surface area contributed by atoms with E-state index in [1.165, 1.54) is 5.56 Å². The average molecular weight is 619 g/mol. The third-order valence-corrected chi connectivity index (χ3v) is 8.30. The predicted molar refractivity (Wildman–Crippen MR) is 183 cm³/mol. The first-order chi connectivity index (χ1) is 22.2. The lowest BCUT2D eigenvalue weighted by Crippen LogP contribution is -2.45. The molecule has 0 radical (unpaired) electrons. The van der Waals surface area contributed by atoms with E-state index < -0.39 is 0 Å². The highest BCUT2D eigenvalue weighted by atomic mass is 16.1. The molecule has 1 fully saturated rings. The van der Waals surface area contributed by atoms with Gasteiger partial charge in [0.25, 0.3) is 5.91 Å². The number of amides is 1. The normalized spacial score (nSPS) is 14.2. The number of carbonyl (C=O) groups excluding carboxylic acids is 2. The quantitative estimate of drug-likeness (QED) is 0.163. The van der Waals surface area contributed by atoms with Gasteiger partial charge in [0.1, 0.15) is 0 Å². The van der Waals surface area contributed by atoms with E-state index in [9.17, 15) is 9.59 Å². The average Bonchev–Trinajstić information content (AvgIpc) is 3.07. The van der Waals surface area contributed by atoms with Crippen molar-refractivity contribution < 1.29 is 9.59 Å². The number of likely N-dealkylation sites (N-methyl/N-ethyl adjacent to an activating group) is 1. The second-order valence-corrected chi connectivity index (χ2v) is 11.8. The van der Waals surface area contributed by atoms with E-state index in [2.05, 4.69) is 42.3 Å². The van der Waals surface area contributed by atoms with Crippen molar-refractivity contribution in [2.45, 2.75) is 27.3 Å². The van der Waals surface area contributed by atoms with Gasteiger partial charge in [-0.05, 0) is 67.9 Å². The van der Waals surface area contributed by atoms with Gasteiger partial charge in [0.15, 0.2) is 5.78 Å². The Morgan fingerprint density at radius 2 is 1.67 bits per heavy atom. The van der Waals surface area contributed by atoms with E-state index in [0.717, 1.165) is 56.2 Å². The highest BCUT2D eigenvalue weighted by molar-refractivity contribution is 6.05. The summed E-state index contributed by atoms with van der Waals surface area (Å²) in [5.41, 5.74) is 6.85. The summed E-state index contributed by atoms with van der Waals surface area (Å²) in [6.07, 6.45) is 6.48. The van der Waals surface area contributed by atoms with Crippen molar-refractivity contribution in [2.24, 2.45) is 0 Å². The molecule has 238 valence electrons. The molecule has 0 unspecified atom stereocenters. The first-order valence-corrected chi connectivity index (χ1v) is 15.6. The Hall–Kier alpha value is -4.93. The molecule has 1 aliphatic rings. The van der Waals surface area contributed by atoms with Gasteiger partial charge in [0.2, 0.25) is 5.95 Å². The molecule has 3 heterocycles. The van der Waals surface area contributed by atoms with Gasteiger partial charge in [-0.25, -0.2) is 9.97 Å². The lowest BCUT2D eigenvalue weighted by atomic mass is 10.1. The van der Waals surface area contributed by atoms with Gasteiger partial charge in [-0.15, -0.1) is 0 Å². The number of piperazine rings is 1. The lowest BCUT2D eigenvalue weighted by Gasteiger charge is -2.34. The number of benzene rings is 2. The molecule has 0 bridgehead atoms. The first-order valence-electron chi connectivity index (χ1n) is 15.6. The third-order valence-electron chi connectivity index (χ3n) is 8.30. The Morgan fingerprint density at radius 1 is 0.935 bits per heavy atom. The van der Waals surface area contributed by atoms with Crippen molar-refractivity contribution in [1.82, 2.24) is 29.7 Å². The molecule has 2 N–H and O–H groups in total. The molecule has 10 heteroatoms. The van der Waals surface area contributed by atoms with Gasteiger partial charge in [-0.3, -0.25) is 19.5 Å². The molecular formula is C36H42N8O2. The van der Waals surface area contributed by atoms with Crippen LogP contribution in [0.1, 0.15) is 45.7 Å². The summed E-state index contributed by atoms with van der Waals surface area (Å²) in [7, 11) is 3.79. The van der Waals surface area contributed by atoms with Crippen LogP contribution in [-0.4, -0.2) is 88.2 Å². The van der Waals surface area contributed by atoms with Crippen LogP contribution in [0.25, 0.3) is 11.3 Å². The molecule has 1 aliphatic heterocycles. The van der Waals surface area contributed by atoms with E-state index in [1.807, 2.05) is 75.3 Å². The fraction of sp³-hybridized carbons (Fsp3) is 0.306. The molecule has 0 aliphatic carbocycles. The number of hydrogen-bond acceptors (Lipinski definition) is 9. The van der Waals surface area contributed by atoms with E-state index in [0.29, 0.717) is 34.0 Å². The zero-order valence-electron chi connectivity index (χ0n) is 27.2. The minimum absolute atomic E-state index is 0.126. The van der Waals surface area contributed by atoms with E-state index in [-0.39, 0.29) is 11.7 Å². The molecule has 5 rings (SSSR count). The topological polar surface area (TPSA) is 107 Å². The number of aryl methyl sites for hydroxylation is 1. The summed E-state index contributed by atoms with van der Waals surface area (Å²) in [6, 6.07) is 17.1. The maximum absolute atomic E-state index is 13.1. The first kappa shape index (κ1) is 32.5. The summed E-state index contributed by atoms with van der Waals surface area (Å²) < 4.78 is 0.